The minimum absolute atomic E-state index is 0.0192. The fourth-order valence-electron chi connectivity index (χ4n) is 2.83. The quantitative estimate of drug-likeness (QED) is 0.391. The summed E-state index contributed by atoms with van der Waals surface area (Å²) in [5.74, 6) is -1.23. The van der Waals surface area contributed by atoms with E-state index in [1.807, 2.05) is 0 Å². The molecule has 0 saturated carbocycles. The third-order valence-corrected chi connectivity index (χ3v) is 6.16. The summed E-state index contributed by atoms with van der Waals surface area (Å²) in [4.78, 5) is 37.5. The normalized spacial score (nSPS) is 20.7. The summed E-state index contributed by atoms with van der Waals surface area (Å²) in [7, 11) is -3.04. The molecule has 14 heteroatoms. The number of carbonyl (C=O) groups is 1. The van der Waals surface area contributed by atoms with Crippen molar-refractivity contribution in [1.82, 2.24) is 14.6 Å². The number of carbonyl (C=O) groups excluding carboxylic acids is 1. The summed E-state index contributed by atoms with van der Waals surface area (Å²) in [6, 6.07) is 3.60. The number of nitrogens with zero attached hydrogens (tertiary/aromatic N) is 1. The van der Waals surface area contributed by atoms with E-state index in [-0.39, 0.29) is 12.4 Å². The average molecular weight is 487 g/mol. The van der Waals surface area contributed by atoms with Gasteiger partial charge in [-0.1, -0.05) is 0 Å². The van der Waals surface area contributed by atoms with Gasteiger partial charge in [-0.2, -0.15) is 5.09 Å². The number of H-pyrrole nitrogens is 1. The number of aromatic nitrogens is 2. The van der Waals surface area contributed by atoms with Crippen LogP contribution in [-0.4, -0.2) is 48.2 Å². The first kappa shape index (κ1) is 24.8. The smallest absolute Gasteiger partial charge is 0.459 e. The van der Waals surface area contributed by atoms with Crippen molar-refractivity contribution in [3.05, 3.63) is 62.7 Å². The number of esters is 1. The third kappa shape index (κ3) is 6.36. The molecule has 0 spiro atoms. The van der Waals surface area contributed by atoms with Crippen LogP contribution in [0.15, 0.2) is 40.1 Å². The molecule has 1 aliphatic heterocycles. The van der Waals surface area contributed by atoms with Crippen LogP contribution in [0, 0.1) is 12.7 Å². The van der Waals surface area contributed by atoms with Crippen LogP contribution in [0.5, 0.6) is 5.75 Å². The number of methoxy groups -OCH3 is 1. The van der Waals surface area contributed by atoms with E-state index in [0.29, 0.717) is 5.56 Å². The van der Waals surface area contributed by atoms with Crippen LogP contribution >= 0.6 is 7.75 Å². The fourth-order valence-corrected chi connectivity index (χ4v) is 4.30. The molecular formula is C19H23FN3O9P. The zero-order valence-electron chi connectivity index (χ0n) is 18.0. The molecule has 2 heterocycles. The number of hydrogen-bond donors (Lipinski definition) is 2. The molecule has 4 atom stereocenters. The molecule has 0 amide bonds. The number of aryl methyl sites for hydroxylation is 1. The fraction of sp³-hybridized carbons (Fsp3) is 0.421. The molecular weight excluding hydrogens is 464 g/mol. The highest BCUT2D eigenvalue weighted by atomic mass is 31.2. The van der Waals surface area contributed by atoms with E-state index in [9.17, 15) is 23.3 Å². The van der Waals surface area contributed by atoms with Crippen molar-refractivity contribution in [3.63, 3.8) is 0 Å². The number of benzene rings is 1. The van der Waals surface area contributed by atoms with Gasteiger partial charge in [0, 0.05) is 11.8 Å². The number of aromatic amines is 1. The second-order valence-corrected chi connectivity index (χ2v) is 8.74. The van der Waals surface area contributed by atoms with Crippen LogP contribution in [0.2, 0.25) is 0 Å². The van der Waals surface area contributed by atoms with Gasteiger partial charge in [0.15, 0.2) is 12.5 Å². The highest BCUT2D eigenvalue weighted by Crippen LogP contribution is 2.45. The van der Waals surface area contributed by atoms with E-state index >= 15 is 0 Å². The van der Waals surface area contributed by atoms with Gasteiger partial charge in [0.25, 0.3) is 5.56 Å². The molecule has 0 aliphatic carbocycles. The molecule has 0 bridgehead atoms. The number of nitrogens with one attached hydrogen (secondary N) is 2. The maximum atomic E-state index is 13.3. The van der Waals surface area contributed by atoms with Crippen molar-refractivity contribution in [2.24, 2.45) is 0 Å². The van der Waals surface area contributed by atoms with Crippen molar-refractivity contribution >= 4 is 13.7 Å². The Morgan fingerprint density at radius 3 is 2.73 bits per heavy atom. The summed E-state index contributed by atoms with van der Waals surface area (Å²) >= 11 is 0. The predicted octanol–water partition coefficient (Wildman–Crippen LogP) is 1.21. The molecule has 0 radical (unpaired) electrons. The lowest BCUT2D eigenvalue weighted by molar-refractivity contribution is -0.142. The minimum atomic E-state index is -4.20. The largest absolute Gasteiger partial charge is 0.468 e. The maximum Gasteiger partial charge on any atom is 0.459 e. The van der Waals surface area contributed by atoms with Gasteiger partial charge in [-0.15, -0.1) is 0 Å². The Labute approximate surface area is 187 Å². The molecule has 33 heavy (non-hydrogen) atoms. The van der Waals surface area contributed by atoms with E-state index in [2.05, 4.69) is 14.8 Å². The zero-order chi connectivity index (χ0) is 24.2. The number of hydrogen-bond acceptors (Lipinski definition) is 9. The Balaban J connectivity index is 1.70. The molecule has 12 nitrogen and oxygen atoms in total. The molecule has 1 aromatic carbocycles. The standard InChI is InChI=1S/C19H23FN3O9P/c1-11-8-23(19(26)21-17(11)24)15-9-29-16(31-15)10-30-33(27,22-12(2)18(25)28-3)32-14-6-4-13(20)5-7-14/h4-8,12,15-16H,9-10H2,1-3H3,(H,22,27)(H,21,24,26)/t12-,15+,16+,33?/m0/s1. The van der Waals surface area contributed by atoms with Crippen LogP contribution in [0.4, 0.5) is 4.39 Å². The van der Waals surface area contributed by atoms with Gasteiger partial charge in [0.05, 0.1) is 13.7 Å². The first-order valence-electron chi connectivity index (χ1n) is 9.74. The minimum Gasteiger partial charge on any atom is -0.468 e. The second-order valence-electron chi connectivity index (χ2n) is 7.04. The van der Waals surface area contributed by atoms with E-state index < -0.39 is 55.9 Å². The average Bonchev–Trinajstić information content (AvgIpc) is 3.25. The molecule has 3 rings (SSSR count). The van der Waals surface area contributed by atoms with Crippen molar-refractivity contribution < 1.29 is 37.0 Å². The molecule has 1 aliphatic rings. The molecule has 1 saturated heterocycles. The third-order valence-electron chi connectivity index (χ3n) is 4.52. The van der Waals surface area contributed by atoms with E-state index in [1.165, 1.54) is 32.2 Å². The Hall–Kier alpha value is -2.83. The lowest BCUT2D eigenvalue weighted by atomic mass is 10.3. The summed E-state index contributed by atoms with van der Waals surface area (Å²) in [6.07, 6.45) is -0.573. The van der Waals surface area contributed by atoms with Crippen LogP contribution < -0.4 is 20.9 Å². The van der Waals surface area contributed by atoms with Crippen LogP contribution in [0.1, 0.15) is 18.7 Å². The number of halogens is 1. The number of rotatable bonds is 9. The Kier molecular flexibility index (Phi) is 7.82. The summed E-state index contributed by atoms with van der Waals surface area (Å²) < 4.78 is 54.0. The van der Waals surface area contributed by atoms with E-state index in [4.69, 9.17) is 18.5 Å². The van der Waals surface area contributed by atoms with Gasteiger partial charge >= 0.3 is 19.4 Å². The first-order valence-corrected chi connectivity index (χ1v) is 11.3. The van der Waals surface area contributed by atoms with Crippen LogP contribution in [0.25, 0.3) is 0 Å². The molecule has 180 valence electrons. The Bertz CT molecular complexity index is 1150. The molecule has 2 N–H and O–H groups in total. The first-order chi connectivity index (χ1) is 15.6. The molecule has 1 aromatic heterocycles. The highest BCUT2D eigenvalue weighted by molar-refractivity contribution is 7.52. The Morgan fingerprint density at radius 2 is 2.06 bits per heavy atom. The van der Waals surface area contributed by atoms with Gasteiger partial charge < -0.3 is 18.7 Å². The van der Waals surface area contributed by atoms with Crippen molar-refractivity contribution in [1.29, 1.82) is 0 Å². The zero-order valence-corrected chi connectivity index (χ0v) is 18.9. The van der Waals surface area contributed by atoms with Crippen molar-refractivity contribution in [2.45, 2.75) is 32.4 Å². The van der Waals surface area contributed by atoms with Gasteiger partial charge in [0.1, 0.15) is 24.2 Å². The van der Waals surface area contributed by atoms with Gasteiger partial charge in [-0.3, -0.25) is 23.7 Å². The van der Waals surface area contributed by atoms with Gasteiger partial charge in [0.2, 0.25) is 0 Å². The summed E-state index contributed by atoms with van der Waals surface area (Å²) in [5, 5.41) is 2.43. The molecule has 2 aromatic rings. The monoisotopic (exact) mass is 487 g/mol. The van der Waals surface area contributed by atoms with E-state index in [1.54, 1.807) is 0 Å². The second kappa shape index (κ2) is 10.4. The maximum absolute atomic E-state index is 13.3. The summed E-state index contributed by atoms with van der Waals surface area (Å²) in [5.41, 5.74) is -0.893. The lowest BCUT2D eigenvalue weighted by Gasteiger charge is -2.23. The molecule has 1 unspecified atom stereocenters. The van der Waals surface area contributed by atoms with Gasteiger partial charge in [-0.25, -0.2) is 13.8 Å². The lowest BCUT2D eigenvalue weighted by Crippen LogP contribution is -2.35. The van der Waals surface area contributed by atoms with Crippen LogP contribution in [-0.2, 0) is 28.1 Å². The van der Waals surface area contributed by atoms with Gasteiger partial charge in [-0.05, 0) is 38.1 Å². The SMILES string of the molecule is COC(=O)[C@H](C)NP(=O)(OC[C@@H]1OC[C@H](n2cc(C)c(=O)[nH]c2=O)O1)Oc1ccc(F)cc1. The topological polar surface area (TPSA) is 147 Å². The van der Waals surface area contributed by atoms with E-state index in [0.717, 1.165) is 23.8 Å². The van der Waals surface area contributed by atoms with Crippen LogP contribution in [0.3, 0.4) is 0 Å². The summed E-state index contributed by atoms with van der Waals surface area (Å²) in [6.45, 7) is 2.46. The molecule has 1 fully saturated rings. The predicted molar refractivity (Wildman–Crippen MR) is 111 cm³/mol. The van der Waals surface area contributed by atoms with Crippen molar-refractivity contribution in [3.8, 4) is 5.75 Å². The highest BCUT2D eigenvalue weighted by Gasteiger charge is 2.36. The Morgan fingerprint density at radius 1 is 1.36 bits per heavy atom. The number of ether oxygens (including phenoxy) is 3. The van der Waals surface area contributed by atoms with Crippen molar-refractivity contribution in [2.75, 3.05) is 20.3 Å².